The van der Waals surface area contributed by atoms with Gasteiger partial charge < -0.3 is 19.7 Å². The first-order valence-electron chi connectivity index (χ1n) is 6.51. The quantitative estimate of drug-likeness (QED) is 0.655. The Morgan fingerprint density at radius 3 is 2.27 bits per heavy atom. The normalized spacial score (nSPS) is 11.1. The molecule has 0 fully saturated rings. The summed E-state index contributed by atoms with van der Waals surface area (Å²) in [5.41, 5.74) is 1.30. The van der Waals surface area contributed by atoms with Gasteiger partial charge in [0.1, 0.15) is 5.75 Å². The molecular formula is C17H16O5. The third-order valence-electron chi connectivity index (χ3n) is 3.15. The average Bonchev–Trinajstić information content (AvgIpc) is 2.54. The minimum absolute atomic E-state index is 0.000900. The number of methoxy groups -OCH3 is 2. The van der Waals surface area contributed by atoms with Gasteiger partial charge in [-0.25, -0.2) is 4.79 Å². The number of carboxylic acids is 1. The van der Waals surface area contributed by atoms with Crippen LogP contribution in [0.1, 0.15) is 11.1 Å². The summed E-state index contributed by atoms with van der Waals surface area (Å²) in [7, 11) is 2.98. The summed E-state index contributed by atoms with van der Waals surface area (Å²) < 4.78 is 10.1. The first kappa shape index (κ1) is 15.4. The Bertz CT molecular complexity index is 701. The number of hydrogen-bond acceptors (Lipinski definition) is 4. The topological polar surface area (TPSA) is 76.0 Å². The predicted molar refractivity (Wildman–Crippen MR) is 83.2 cm³/mol. The molecule has 5 heteroatoms. The summed E-state index contributed by atoms with van der Waals surface area (Å²) in [5, 5.41) is 19.0. The lowest BCUT2D eigenvalue weighted by molar-refractivity contribution is -0.130. The van der Waals surface area contributed by atoms with Gasteiger partial charge in [0.15, 0.2) is 11.5 Å². The second kappa shape index (κ2) is 6.67. The Morgan fingerprint density at radius 1 is 1.05 bits per heavy atom. The highest BCUT2D eigenvalue weighted by atomic mass is 16.5. The van der Waals surface area contributed by atoms with Gasteiger partial charge >= 0.3 is 5.97 Å². The fraction of sp³-hybridized carbons (Fsp3) is 0.118. The summed E-state index contributed by atoms with van der Waals surface area (Å²) in [6.45, 7) is 0. The van der Waals surface area contributed by atoms with Gasteiger partial charge in [-0.05, 0) is 41.5 Å². The van der Waals surface area contributed by atoms with Crippen molar-refractivity contribution in [2.45, 2.75) is 0 Å². The summed E-state index contributed by atoms with van der Waals surface area (Å²) in [4.78, 5) is 11.5. The molecule has 2 aromatic carbocycles. The second-order valence-corrected chi connectivity index (χ2v) is 4.52. The summed E-state index contributed by atoms with van der Waals surface area (Å²) in [5.74, 6) is -0.105. The maximum absolute atomic E-state index is 11.5. The number of phenolic OH excluding ortho intramolecular Hbond substituents is 1. The van der Waals surface area contributed by atoms with E-state index in [4.69, 9.17) is 9.47 Å². The van der Waals surface area contributed by atoms with Crippen LogP contribution in [0.15, 0.2) is 42.5 Å². The molecule has 0 unspecified atom stereocenters. The van der Waals surface area contributed by atoms with Crippen molar-refractivity contribution in [1.29, 1.82) is 0 Å². The fourth-order valence-corrected chi connectivity index (χ4v) is 1.99. The van der Waals surface area contributed by atoms with Crippen molar-refractivity contribution in [2.24, 2.45) is 0 Å². The van der Waals surface area contributed by atoms with Crippen LogP contribution in [0.5, 0.6) is 17.2 Å². The molecule has 2 rings (SSSR count). The van der Waals surface area contributed by atoms with Crippen molar-refractivity contribution in [3.63, 3.8) is 0 Å². The first-order valence-corrected chi connectivity index (χ1v) is 6.51. The van der Waals surface area contributed by atoms with E-state index in [1.807, 2.05) is 0 Å². The third-order valence-corrected chi connectivity index (χ3v) is 3.15. The lowest BCUT2D eigenvalue weighted by Gasteiger charge is -2.07. The van der Waals surface area contributed by atoms with Gasteiger partial charge in [-0.2, -0.15) is 0 Å². The molecule has 0 saturated carbocycles. The van der Waals surface area contributed by atoms with E-state index in [2.05, 4.69) is 0 Å². The maximum atomic E-state index is 11.5. The molecule has 0 aliphatic heterocycles. The van der Waals surface area contributed by atoms with E-state index < -0.39 is 5.97 Å². The van der Waals surface area contributed by atoms with E-state index in [0.29, 0.717) is 16.9 Å². The molecule has 114 valence electrons. The Kier molecular flexibility index (Phi) is 4.68. The number of hydrogen-bond donors (Lipinski definition) is 2. The van der Waals surface area contributed by atoms with Gasteiger partial charge in [0.2, 0.25) is 0 Å². The van der Waals surface area contributed by atoms with Crippen LogP contribution in [0, 0.1) is 0 Å². The summed E-state index contributed by atoms with van der Waals surface area (Å²) in [6.07, 6.45) is 1.52. The first-order chi connectivity index (χ1) is 10.5. The van der Waals surface area contributed by atoms with Gasteiger partial charge in [-0.1, -0.05) is 18.2 Å². The zero-order chi connectivity index (χ0) is 16.1. The minimum Gasteiger partial charge on any atom is -0.504 e. The van der Waals surface area contributed by atoms with Crippen LogP contribution in [-0.4, -0.2) is 30.4 Å². The van der Waals surface area contributed by atoms with Gasteiger partial charge in [0.05, 0.1) is 19.8 Å². The zero-order valence-corrected chi connectivity index (χ0v) is 12.2. The molecule has 0 aliphatic rings. The van der Waals surface area contributed by atoms with Crippen LogP contribution in [0.4, 0.5) is 0 Å². The molecule has 2 N–H and O–H groups in total. The number of aromatic hydroxyl groups is 1. The van der Waals surface area contributed by atoms with Crippen LogP contribution in [0.3, 0.4) is 0 Å². The number of carboxylic acid groups (broad SMARTS) is 1. The Morgan fingerprint density at radius 2 is 1.73 bits per heavy atom. The monoisotopic (exact) mass is 300 g/mol. The number of aliphatic carboxylic acids is 1. The zero-order valence-electron chi connectivity index (χ0n) is 12.2. The van der Waals surface area contributed by atoms with Crippen molar-refractivity contribution in [1.82, 2.24) is 0 Å². The lowest BCUT2D eigenvalue weighted by Crippen LogP contribution is -1.99. The molecule has 0 amide bonds. The molecule has 0 aromatic heterocycles. The van der Waals surface area contributed by atoms with Crippen LogP contribution in [0.25, 0.3) is 11.6 Å². The van der Waals surface area contributed by atoms with Crippen LogP contribution in [0.2, 0.25) is 0 Å². The molecule has 5 nitrogen and oxygen atoms in total. The van der Waals surface area contributed by atoms with Crippen LogP contribution in [-0.2, 0) is 4.79 Å². The largest absolute Gasteiger partial charge is 0.504 e. The smallest absolute Gasteiger partial charge is 0.336 e. The van der Waals surface area contributed by atoms with Gasteiger partial charge in [-0.15, -0.1) is 0 Å². The third kappa shape index (κ3) is 3.38. The molecule has 2 aromatic rings. The van der Waals surface area contributed by atoms with Gasteiger partial charge in [0.25, 0.3) is 0 Å². The van der Waals surface area contributed by atoms with Crippen LogP contribution < -0.4 is 9.47 Å². The average molecular weight is 300 g/mol. The Hall–Kier alpha value is -2.95. The fourth-order valence-electron chi connectivity index (χ4n) is 1.99. The maximum Gasteiger partial charge on any atom is 0.336 e. The van der Waals surface area contributed by atoms with Gasteiger partial charge in [-0.3, -0.25) is 0 Å². The number of ether oxygens (including phenoxy) is 2. The standard InChI is InChI=1S/C17H16O5/c1-21-13-6-4-12(5-7-13)14(17(19)20)9-11-3-8-15(18)16(10-11)22-2/h3-10,18H,1-2H3,(H,19,20). The molecule has 0 aliphatic carbocycles. The second-order valence-electron chi connectivity index (χ2n) is 4.52. The molecule has 22 heavy (non-hydrogen) atoms. The summed E-state index contributed by atoms with van der Waals surface area (Å²) >= 11 is 0. The van der Waals surface area contributed by atoms with E-state index in [-0.39, 0.29) is 17.1 Å². The molecule has 0 heterocycles. The minimum atomic E-state index is -1.04. The van der Waals surface area contributed by atoms with E-state index in [0.717, 1.165) is 0 Å². The van der Waals surface area contributed by atoms with E-state index in [1.165, 1.54) is 19.3 Å². The van der Waals surface area contributed by atoms with Gasteiger partial charge in [0, 0.05) is 0 Å². The molecular weight excluding hydrogens is 284 g/mol. The SMILES string of the molecule is COc1ccc(C(=Cc2ccc(O)c(OC)c2)C(=O)O)cc1. The highest BCUT2D eigenvalue weighted by molar-refractivity contribution is 6.20. The number of phenols is 1. The number of rotatable bonds is 5. The van der Waals surface area contributed by atoms with Crippen molar-refractivity contribution in [3.8, 4) is 17.2 Å². The van der Waals surface area contributed by atoms with Crippen molar-refractivity contribution in [2.75, 3.05) is 14.2 Å². The van der Waals surface area contributed by atoms with Crippen molar-refractivity contribution < 1.29 is 24.5 Å². The molecule has 0 bridgehead atoms. The summed E-state index contributed by atoms with van der Waals surface area (Å²) in [6, 6.07) is 11.4. The number of benzene rings is 2. The number of carbonyl (C=O) groups is 1. The van der Waals surface area contributed by atoms with E-state index in [1.54, 1.807) is 43.5 Å². The molecule has 0 radical (unpaired) electrons. The Balaban J connectivity index is 2.44. The highest BCUT2D eigenvalue weighted by Gasteiger charge is 2.11. The highest BCUT2D eigenvalue weighted by Crippen LogP contribution is 2.29. The molecule has 0 spiro atoms. The lowest BCUT2D eigenvalue weighted by atomic mass is 10.0. The van der Waals surface area contributed by atoms with Crippen molar-refractivity contribution >= 4 is 17.6 Å². The predicted octanol–water partition coefficient (Wildman–Crippen LogP) is 3.03. The molecule has 0 atom stereocenters. The van der Waals surface area contributed by atoms with Crippen molar-refractivity contribution in [3.05, 3.63) is 53.6 Å². The van der Waals surface area contributed by atoms with E-state index >= 15 is 0 Å². The molecule has 0 saturated heterocycles. The van der Waals surface area contributed by atoms with E-state index in [9.17, 15) is 15.0 Å². The van der Waals surface area contributed by atoms with Crippen LogP contribution >= 0.6 is 0 Å². The Labute approximate surface area is 128 Å².